The lowest BCUT2D eigenvalue weighted by atomic mass is 10.1. The van der Waals surface area contributed by atoms with Crippen molar-refractivity contribution in [3.8, 4) is 0 Å². The number of fused-ring (bicyclic) bond motifs is 1. The lowest BCUT2D eigenvalue weighted by Crippen LogP contribution is -2.24. The third-order valence-corrected chi connectivity index (χ3v) is 3.85. The summed E-state index contributed by atoms with van der Waals surface area (Å²) < 4.78 is 8.00. The van der Waals surface area contributed by atoms with E-state index < -0.39 is 0 Å². The van der Waals surface area contributed by atoms with Gasteiger partial charge in [0.15, 0.2) is 5.58 Å². The van der Waals surface area contributed by atoms with E-state index in [0.29, 0.717) is 5.02 Å². The molecule has 110 valence electrons. The number of aromatic nitrogens is 2. The zero-order chi connectivity index (χ0) is 14.8. The first-order valence-electron chi connectivity index (χ1n) is 7.08. The van der Waals surface area contributed by atoms with Crippen LogP contribution in [0.4, 0.5) is 0 Å². The molecule has 0 amide bonds. The molecule has 1 N–H and O–H groups in total. The molecule has 21 heavy (non-hydrogen) atoms. The molecule has 0 aliphatic carbocycles. The zero-order valence-corrected chi connectivity index (χ0v) is 12.9. The van der Waals surface area contributed by atoms with Crippen LogP contribution < -0.4 is 5.32 Å². The Morgan fingerprint density at radius 2 is 2.29 bits per heavy atom. The van der Waals surface area contributed by atoms with Crippen LogP contribution in [0.5, 0.6) is 0 Å². The number of furan rings is 1. The molecule has 0 aliphatic rings. The molecule has 0 saturated carbocycles. The van der Waals surface area contributed by atoms with E-state index in [1.807, 2.05) is 42.1 Å². The van der Waals surface area contributed by atoms with Crippen molar-refractivity contribution in [1.82, 2.24) is 14.9 Å². The van der Waals surface area contributed by atoms with Gasteiger partial charge in [0.25, 0.3) is 0 Å². The van der Waals surface area contributed by atoms with Crippen LogP contribution in [-0.4, -0.2) is 16.1 Å². The molecule has 0 spiro atoms. The van der Waals surface area contributed by atoms with Crippen LogP contribution in [-0.2, 0) is 7.05 Å². The second kappa shape index (κ2) is 5.92. The molecule has 0 fully saturated rings. The summed E-state index contributed by atoms with van der Waals surface area (Å²) in [6, 6.07) is 7.80. The van der Waals surface area contributed by atoms with Gasteiger partial charge in [-0.3, -0.25) is 0 Å². The highest BCUT2D eigenvalue weighted by Crippen LogP contribution is 2.31. The van der Waals surface area contributed by atoms with Crippen LogP contribution in [0.2, 0.25) is 5.02 Å². The van der Waals surface area contributed by atoms with Gasteiger partial charge in [-0.2, -0.15) is 0 Å². The number of rotatable bonds is 5. The van der Waals surface area contributed by atoms with Crippen molar-refractivity contribution in [2.24, 2.45) is 7.05 Å². The third kappa shape index (κ3) is 2.69. The summed E-state index contributed by atoms with van der Waals surface area (Å²) in [4.78, 5) is 4.20. The van der Waals surface area contributed by atoms with Gasteiger partial charge in [-0.25, -0.2) is 4.98 Å². The van der Waals surface area contributed by atoms with E-state index in [-0.39, 0.29) is 6.04 Å². The Morgan fingerprint density at radius 3 is 2.95 bits per heavy atom. The van der Waals surface area contributed by atoms with Crippen LogP contribution in [0.3, 0.4) is 0 Å². The molecule has 0 radical (unpaired) electrons. The highest BCUT2D eigenvalue weighted by atomic mass is 35.5. The Morgan fingerprint density at radius 1 is 1.43 bits per heavy atom. The molecule has 3 rings (SSSR count). The SMILES string of the molecule is CCCNC(c1cc2cccc(Cl)c2o1)c1cncn1C. The molecule has 3 aromatic rings. The number of halogens is 1. The molecule has 1 atom stereocenters. The predicted octanol–water partition coefficient (Wildman–Crippen LogP) is 3.91. The summed E-state index contributed by atoms with van der Waals surface area (Å²) in [6.07, 6.45) is 4.71. The van der Waals surface area contributed by atoms with Gasteiger partial charge in [0.1, 0.15) is 11.8 Å². The molecular formula is C16H18ClN3O. The normalized spacial score (nSPS) is 12.9. The summed E-state index contributed by atoms with van der Waals surface area (Å²) in [5.74, 6) is 0.857. The fourth-order valence-corrected chi connectivity index (χ4v) is 2.70. The van der Waals surface area contributed by atoms with Crippen LogP contribution >= 0.6 is 11.6 Å². The predicted molar refractivity (Wildman–Crippen MR) is 84.6 cm³/mol. The second-order valence-corrected chi connectivity index (χ2v) is 5.53. The van der Waals surface area contributed by atoms with Crippen molar-refractivity contribution in [2.75, 3.05) is 6.54 Å². The number of hydrogen-bond acceptors (Lipinski definition) is 3. The van der Waals surface area contributed by atoms with Crippen molar-refractivity contribution in [1.29, 1.82) is 0 Å². The van der Waals surface area contributed by atoms with E-state index in [1.165, 1.54) is 0 Å². The fraction of sp³-hybridized carbons (Fsp3) is 0.312. The van der Waals surface area contributed by atoms with Crippen molar-refractivity contribution >= 4 is 22.6 Å². The van der Waals surface area contributed by atoms with Gasteiger partial charge in [-0.05, 0) is 25.1 Å². The van der Waals surface area contributed by atoms with E-state index in [2.05, 4.69) is 17.2 Å². The van der Waals surface area contributed by atoms with Gasteiger partial charge < -0.3 is 14.3 Å². The van der Waals surface area contributed by atoms with Gasteiger partial charge in [0.2, 0.25) is 0 Å². The van der Waals surface area contributed by atoms with Crippen molar-refractivity contribution in [3.63, 3.8) is 0 Å². The van der Waals surface area contributed by atoms with Crippen LogP contribution in [0, 0.1) is 0 Å². The Kier molecular flexibility index (Phi) is 3.99. The number of benzene rings is 1. The first kappa shape index (κ1) is 14.2. The van der Waals surface area contributed by atoms with Crippen LogP contribution in [0.15, 0.2) is 41.2 Å². The van der Waals surface area contributed by atoms with Gasteiger partial charge in [0, 0.05) is 12.4 Å². The van der Waals surface area contributed by atoms with E-state index in [1.54, 1.807) is 6.33 Å². The van der Waals surface area contributed by atoms with Gasteiger partial charge in [0.05, 0.1) is 23.2 Å². The summed E-state index contributed by atoms with van der Waals surface area (Å²) in [5, 5.41) is 5.17. The smallest absolute Gasteiger partial charge is 0.152 e. The largest absolute Gasteiger partial charge is 0.457 e. The highest BCUT2D eigenvalue weighted by Gasteiger charge is 2.21. The minimum atomic E-state index is -0.0269. The third-order valence-electron chi connectivity index (χ3n) is 3.55. The quantitative estimate of drug-likeness (QED) is 0.777. The number of nitrogens with one attached hydrogen (secondary N) is 1. The van der Waals surface area contributed by atoms with Crippen LogP contribution in [0.25, 0.3) is 11.0 Å². The maximum Gasteiger partial charge on any atom is 0.152 e. The van der Waals surface area contributed by atoms with Gasteiger partial charge in [-0.15, -0.1) is 0 Å². The average molecular weight is 304 g/mol. The summed E-state index contributed by atoms with van der Waals surface area (Å²) in [6.45, 7) is 3.05. The highest BCUT2D eigenvalue weighted by molar-refractivity contribution is 6.34. The number of aryl methyl sites for hydroxylation is 1. The molecule has 1 aromatic carbocycles. The summed E-state index contributed by atoms with van der Waals surface area (Å²) in [7, 11) is 1.98. The van der Waals surface area contributed by atoms with E-state index in [0.717, 1.165) is 35.4 Å². The molecule has 0 aliphatic heterocycles. The topological polar surface area (TPSA) is 43.0 Å². The minimum absolute atomic E-state index is 0.0269. The maximum atomic E-state index is 6.20. The standard InChI is InChI=1S/C16H18ClN3O/c1-3-7-19-15(13-9-18-10-20(13)2)14-8-11-5-4-6-12(17)16(11)21-14/h4-6,8-10,15,19H,3,7H2,1-2H3. The second-order valence-electron chi connectivity index (χ2n) is 5.12. The number of nitrogens with zero attached hydrogens (tertiary/aromatic N) is 2. The van der Waals surface area contributed by atoms with Crippen LogP contribution in [0.1, 0.15) is 30.8 Å². The molecule has 1 unspecified atom stereocenters. The van der Waals surface area contributed by atoms with E-state index >= 15 is 0 Å². The number of hydrogen-bond donors (Lipinski definition) is 1. The van der Waals surface area contributed by atoms with E-state index in [9.17, 15) is 0 Å². The number of para-hydroxylation sites is 1. The molecule has 0 saturated heterocycles. The molecule has 5 heteroatoms. The number of imidazole rings is 1. The van der Waals surface area contributed by atoms with Crippen molar-refractivity contribution in [3.05, 3.63) is 53.3 Å². The van der Waals surface area contributed by atoms with Gasteiger partial charge >= 0.3 is 0 Å². The Labute approximate surface area is 128 Å². The first-order chi connectivity index (χ1) is 10.2. The monoisotopic (exact) mass is 303 g/mol. The Balaban J connectivity index is 2.05. The lowest BCUT2D eigenvalue weighted by Gasteiger charge is -2.16. The minimum Gasteiger partial charge on any atom is -0.457 e. The van der Waals surface area contributed by atoms with E-state index in [4.69, 9.17) is 16.0 Å². The maximum absolute atomic E-state index is 6.20. The van der Waals surface area contributed by atoms with Crippen molar-refractivity contribution in [2.45, 2.75) is 19.4 Å². The molecular weight excluding hydrogens is 286 g/mol. The Bertz CT molecular complexity index is 747. The van der Waals surface area contributed by atoms with Gasteiger partial charge in [-0.1, -0.05) is 30.7 Å². The summed E-state index contributed by atoms with van der Waals surface area (Å²) in [5.41, 5.74) is 1.80. The first-order valence-corrected chi connectivity index (χ1v) is 7.46. The summed E-state index contributed by atoms with van der Waals surface area (Å²) >= 11 is 6.20. The fourth-order valence-electron chi connectivity index (χ4n) is 2.47. The Hall–Kier alpha value is -1.78. The molecule has 2 heterocycles. The average Bonchev–Trinajstić information content (AvgIpc) is 3.07. The van der Waals surface area contributed by atoms with Crippen molar-refractivity contribution < 1.29 is 4.42 Å². The zero-order valence-electron chi connectivity index (χ0n) is 12.1. The molecule has 2 aromatic heterocycles. The molecule has 4 nitrogen and oxygen atoms in total. The molecule has 0 bridgehead atoms. The lowest BCUT2D eigenvalue weighted by molar-refractivity contribution is 0.457.